The minimum Gasteiger partial charge on any atom is -0.481 e. The number of aliphatic carboxylic acids is 1. The van der Waals surface area contributed by atoms with Gasteiger partial charge in [-0.25, -0.2) is 0 Å². The summed E-state index contributed by atoms with van der Waals surface area (Å²) in [7, 11) is 0. The van der Waals surface area contributed by atoms with Crippen molar-refractivity contribution in [3.63, 3.8) is 0 Å². The van der Waals surface area contributed by atoms with Gasteiger partial charge in [0.1, 0.15) is 6.54 Å². The average molecular weight is 344 g/mol. The van der Waals surface area contributed by atoms with Crippen LogP contribution in [-0.4, -0.2) is 46.8 Å². The standard InChI is InChI=1S/C18H20N2O5/c21-15(19-9-11-5-1-2-6-12(11)18(24)25)10-20-16(22)13-7-3-4-8-14(13)17(20)23/h3-4,7-8,11-12H,1-2,5-6,9-10H2,(H,19,21)(H,24,25)/t11-,12-/m0/s1. The van der Waals surface area contributed by atoms with Crippen LogP contribution >= 0.6 is 0 Å². The Morgan fingerprint density at radius 3 is 2.28 bits per heavy atom. The van der Waals surface area contributed by atoms with Crippen LogP contribution < -0.4 is 5.32 Å². The van der Waals surface area contributed by atoms with E-state index in [4.69, 9.17) is 0 Å². The third kappa shape index (κ3) is 3.40. The number of nitrogens with zero attached hydrogens (tertiary/aromatic N) is 1. The van der Waals surface area contributed by atoms with Crippen molar-refractivity contribution in [1.29, 1.82) is 0 Å². The van der Waals surface area contributed by atoms with E-state index in [1.165, 1.54) is 0 Å². The number of carboxylic acids is 1. The number of benzene rings is 1. The lowest BCUT2D eigenvalue weighted by molar-refractivity contribution is -0.145. The summed E-state index contributed by atoms with van der Waals surface area (Å²) in [4.78, 5) is 48.8. The zero-order valence-electron chi connectivity index (χ0n) is 13.7. The van der Waals surface area contributed by atoms with Gasteiger partial charge in [-0.15, -0.1) is 0 Å². The molecule has 2 atom stereocenters. The number of rotatable bonds is 5. The molecule has 1 fully saturated rings. The molecule has 0 bridgehead atoms. The lowest BCUT2D eigenvalue weighted by atomic mass is 9.79. The maximum absolute atomic E-state index is 12.2. The minimum atomic E-state index is -0.834. The largest absolute Gasteiger partial charge is 0.481 e. The first kappa shape index (κ1) is 17.1. The highest BCUT2D eigenvalue weighted by Crippen LogP contribution is 2.29. The van der Waals surface area contributed by atoms with Crippen molar-refractivity contribution in [2.24, 2.45) is 11.8 Å². The summed E-state index contributed by atoms with van der Waals surface area (Å²) in [6.45, 7) is -0.101. The predicted molar refractivity (Wildman–Crippen MR) is 87.9 cm³/mol. The van der Waals surface area contributed by atoms with Crippen LogP contribution in [0.2, 0.25) is 0 Å². The molecular weight excluding hydrogens is 324 g/mol. The first-order valence-corrected chi connectivity index (χ1v) is 8.43. The third-order valence-corrected chi connectivity index (χ3v) is 4.97. The van der Waals surface area contributed by atoms with E-state index in [0.29, 0.717) is 17.5 Å². The second-order valence-electron chi connectivity index (χ2n) is 6.54. The molecule has 0 aromatic heterocycles. The SMILES string of the molecule is O=C(CN1C(=O)c2ccccc2C1=O)NC[C@@H]1CCCC[C@@H]1C(=O)O. The van der Waals surface area contributed by atoms with E-state index in [0.717, 1.165) is 24.2 Å². The van der Waals surface area contributed by atoms with Gasteiger partial charge < -0.3 is 10.4 Å². The summed E-state index contributed by atoms with van der Waals surface area (Å²) in [5.41, 5.74) is 0.608. The molecule has 1 aliphatic heterocycles. The van der Waals surface area contributed by atoms with E-state index in [1.807, 2.05) is 0 Å². The van der Waals surface area contributed by atoms with Crippen LogP contribution in [-0.2, 0) is 9.59 Å². The fraction of sp³-hybridized carbons (Fsp3) is 0.444. The van der Waals surface area contributed by atoms with E-state index < -0.39 is 29.6 Å². The quantitative estimate of drug-likeness (QED) is 0.783. The van der Waals surface area contributed by atoms with E-state index >= 15 is 0 Å². The van der Waals surface area contributed by atoms with Gasteiger partial charge in [0.15, 0.2) is 0 Å². The summed E-state index contributed by atoms with van der Waals surface area (Å²) in [5.74, 6) is -2.80. The van der Waals surface area contributed by atoms with Crippen LogP contribution in [0.15, 0.2) is 24.3 Å². The normalized spacial score (nSPS) is 22.6. The fourth-order valence-electron chi connectivity index (χ4n) is 3.60. The number of carbonyl (C=O) groups is 4. The maximum Gasteiger partial charge on any atom is 0.306 e. The molecule has 7 nitrogen and oxygen atoms in total. The maximum atomic E-state index is 12.2. The van der Waals surface area contributed by atoms with Crippen LogP contribution in [0.3, 0.4) is 0 Å². The highest BCUT2D eigenvalue weighted by molar-refractivity contribution is 6.22. The summed E-state index contributed by atoms with van der Waals surface area (Å²) >= 11 is 0. The van der Waals surface area contributed by atoms with Crippen molar-refractivity contribution in [3.8, 4) is 0 Å². The monoisotopic (exact) mass is 344 g/mol. The molecule has 1 aromatic rings. The van der Waals surface area contributed by atoms with E-state index in [9.17, 15) is 24.3 Å². The van der Waals surface area contributed by atoms with Gasteiger partial charge in [0, 0.05) is 6.54 Å². The Morgan fingerprint density at radius 1 is 1.08 bits per heavy atom. The summed E-state index contributed by atoms with van der Waals surface area (Å²) < 4.78 is 0. The zero-order valence-corrected chi connectivity index (χ0v) is 13.7. The lowest BCUT2D eigenvalue weighted by Crippen LogP contribution is -2.43. The average Bonchev–Trinajstić information content (AvgIpc) is 2.85. The lowest BCUT2D eigenvalue weighted by Gasteiger charge is -2.28. The molecule has 0 radical (unpaired) electrons. The van der Waals surface area contributed by atoms with Gasteiger partial charge in [0.25, 0.3) is 11.8 Å². The minimum absolute atomic E-state index is 0.114. The highest BCUT2D eigenvalue weighted by Gasteiger charge is 2.36. The van der Waals surface area contributed by atoms with Gasteiger partial charge in [-0.1, -0.05) is 25.0 Å². The van der Waals surface area contributed by atoms with Crippen molar-refractivity contribution in [2.45, 2.75) is 25.7 Å². The smallest absolute Gasteiger partial charge is 0.306 e. The Hall–Kier alpha value is -2.70. The van der Waals surface area contributed by atoms with Gasteiger partial charge in [0.2, 0.25) is 5.91 Å². The summed E-state index contributed by atoms with van der Waals surface area (Å²) in [6, 6.07) is 6.46. The van der Waals surface area contributed by atoms with Crippen LogP contribution in [0, 0.1) is 11.8 Å². The molecule has 132 valence electrons. The van der Waals surface area contributed by atoms with E-state index in [2.05, 4.69) is 5.32 Å². The van der Waals surface area contributed by atoms with Crippen molar-refractivity contribution in [3.05, 3.63) is 35.4 Å². The Balaban J connectivity index is 1.57. The molecule has 2 aliphatic rings. The van der Waals surface area contributed by atoms with Crippen LogP contribution in [0.1, 0.15) is 46.4 Å². The molecule has 0 unspecified atom stereocenters. The molecule has 3 rings (SSSR count). The first-order valence-electron chi connectivity index (χ1n) is 8.43. The summed E-state index contributed by atoms with van der Waals surface area (Å²) in [5, 5.41) is 11.9. The topological polar surface area (TPSA) is 104 Å². The van der Waals surface area contributed by atoms with Crippen molar-refractivity contribution < 1.29 is 24.3 Å². The molecule has 1 aromatic carbocycles. The van der Waals surface area contributed by atoms with Gasteiger partial charge in [-0.2, -0.15) is 0 Å². The number of nitrogens with one attached hydrogen (secondary N) is 1. The number of hydrogen-bond acceptors (Lipinski definition) is 4. The Kier molecular flexibility index (Phi) is 4.83. The second kappa shape index (κ2) is 7.04. The third-order valence-electron chi connectivity index (χ3n) is 4.97. The van der Waals surface area contributed by atoms with Gasteiger partial charge >= 0.3 is 5.97 Å². The van der Waals surface area contributed by atoms with Crippen molar-refractivity contribution in [2.75, 3.05) is 13.1 Å². The van der Waals surface area contributed by atoms with Crippen molar-refractivity contribution >= 4 is 23.7 Å². The Morgan fingerprint density at radius 2 is 1.68 bits per heavy atom. The molecular formula is C18H20N2O5. The molecule has 3 amide bonds. The highest BCUT2D eigenvalue weighted by atomic mass is 16.4. The molecule has 1 heterocycles. The molecule has 1 saturated carbocycles. The van der Waals surface area contributed by atoms with E-state index in [-0.39, 0.29) is 19.0 Å². The van der Waals surface area contributed by atoms with Crippen LogP contribution in [0.4, 0.5) is 0 Å². The molecule has 25 heavy (non-hydrogen) atoms. The number of hydrogen-bond donors (Lipinski definition) is 2. The number of amides is 3. The first-order chi connectivity index (χ1) is 12.0. The summed E-state index contributed by atoms with van der Waals surface area (Å²) in [6.07, 6.45) is 3.21. The fourth-order valence-corrected chi connectivity index (χ4v) is 3.60. The number of fused-ring (bicyclic) bond motifs is 1. The van der Waals surface area contributed by atoms with E-state index in [1.54, 1.807) is 24.3 Å². The Labute approximate surface area is 145 Å². The zero-order chi connectivity index (χ0) is 18.0. The number of carbonyl (C=O) groups excluding carboxylic acids is 3. The van der Waals surface area contributed by atoms with Gasteiger partial charge in [-0.05, 0) is 30.9 Å². The number of carboxylic acid groups (broad SMARTS) is 1. The Bertz CT molecular complexity index is 695. The molecule has 0 saturated heterocycles. The van der Waals surface area contributed by atoms with Crippen LogP contribution in [0.25, 0.3) is 0 Å². The number of imide groups is 1. The van der Waals surface area contributed by atoms with Crippen LogP contribution in [0.5, 0.6) is 0 Å². The second-order valence-corrected chi connectivity index (χ2v) is 6.54. The van der Waals surface area contributed by atoms with Gasteiger partial charge in [0.05, 0.1) is 17.0 Å². The molecule has 7 heteroatoms. The van der Waals surface area contributed by atoms with Gasteiger partial charge in [-0.3, -0.25) is 24.1 Å². The predicted octanol–water partition coefficient (Wildman–Crippen LogP) is 1.29. The van der Waals surface area contributed by atoms with Crippen molar-refractivity contribution in [1.82, 2.24) is 10.2 Å². The molecule has 2 N–H and O–H groups in total. The molecule has 0 spiro atoms. The molecule has 1 aliphatic carbocycles.